The molecule has 5 rings (SSSR count). The third-order valence-corrected chi connectivity index (χ3v) is 6.32. The van der Waals surface area contributed by atoms with Crippen LogP contribution in [-0.4, -0.2) is 22.5 Å². The van der Waals surface area contributed by atoms with Crippen LogP contribution in [0.25, 0.3) is 10.8 Å². The topological polar surface area (TPSA) is 40.5 Å². The number of nitrogens with zero attached hydrogens (tertiary/aromatic N) is 1. The number of amides is 1. The van der Waals surface area contributed by atoms with E-state index in [1.54, 1.807) is 17.0 Å². The van der Waals surface area contributed by atoms with Gasteiger partial charge in [0.05, 0.1) is 6.61 Å². The van der Waals surface area contributed by atoms with Gasteiger partial charge < -0.3 is 10.0 Å². The van der Waals surface area contributed by atoms with Crippen molar-refractivity contribution in [2.45, 2.75) is 12.1 Å². The Morgan fingerprint density at radius 1 is 0.833 bits per heavy atom. The van der Waals surface area contributed by atoms with Crippen molar-refractivity contribution in [3.8, 4) is 0 Å². The van der Waals surface area contributed by atoms with E-state index in [1.165, 1.54) is 0 Å². The van der Waals surface area contributed by atoms with Crippen molar-refractivity contribution in [3.63, 3.8) is 0 Å². The summed E-state index contributed by atoms with van der Waals surface area (Å²) < 4.78 is 0. The number of halogens is 1. The van der Waals surface area contributed by atoms with Gasteiger partial charge >= 0.3 is 0 Å². The van der Waals surface area contributed by atoms with Crippen LogP contribution in [0.1, 0.15) is 27.0 Å². The van der Waals surface area contributed by atoms with Crippen LogP contribution < -0.4 is 0 Å². The molecule has 4 aromatic rings. The molecule has 1 heterocycles. The van der Waals surface area contributed by atoms with Crippen molar-refractivity contribution < 1.29 is 9.90 Å². The molecule has 0 aliphatic carbocycles. The highest BCUT2D eigenvalue weighted by Crippen LogP contribution is 2.45. The van der Waals surface area contributed by atoms with Crippen molar-refractivity contribution in [1.82, 2.24) is 4.90 Å². The van der Waals surface area contributed by atoms with Gasteiger partial charge in [-0.15, -0.1) is 0 Å². The first-order valence-corrected chi connectivity index (χ1v) is 10.3. The Morgan fingerprint density at radius 2 is 1.53 bits per heavy atom. The number of hydrogen-bond donors (Lipinski definition) is 1. The lowest BCUT2D eigenvalue weighted by atomic mass is 9.83. The van der Waals surface area contributed by atoms with E-state index in [-0.39, 0.29) is 12.5 Å². The highest BCUT2D eigenvalue weighted by atomic mass is 35.5. The Labute approximate surface area is 180 Å². The first-order chi connectivity index (χ1) is 14.6. The molecule has 0 saturated carbocycles. The zero-order valence-corrected chi connectivity index (χ0v) is 17.0. The van der Waals surface area contributed by atoms with E-state index in [0.717, 1.165) is 27.5 Å². The highest BCUT2D eigenvalue weighted by molar-refractivity contribution is 6.30. The van der Waals surface area contributed by atoms with Gasteiger partial charge in [-0.1, -0.05) is 84.4 Å². The number of fused-ring (bicyclic) bond motifs is 2. The molecule has 148 valence electrons. The molecule has 0 radical (unpaired) electrons. The van der Waals surface area contributed by atoms with Crippen molar-refractivity contribution in [2.24, 2.45) is 0 Å². The predicted molar refractivity (Wildman–Crippen MR) is 120 cm³/mol. The van der Waals surface area contributed by atoms with E-state index in [4.69, 9.17) is 11.6 Å². The first kappa shape index (κ1) is 18.9. The highest BCUT2D eigenvalue weighted by Gasteiger charge is 2.50. The number of carbonyl (C=O) groups is 1. The normalized spacial score (nSPS) is 18.1. The van der Waals surface area contributed by atoms with Crippen LogP contribution in [0.4, 0.5) is 0 Å². The van der Waals surface area contributed by atoms with Crippen LogP contribution >= 0.6 is 11.6 Å². The summed E-state index contributed by atoms with van der Waals surface area (Å²) in [7, 11) is 0. The maximum Gasteiger partial charge on any atom is 0.255 e. The van der Waals surface area contributed by atoms with Crippen molar-refractivity contribution >= 4 is 28.3 Å². The third kappa shape index (κ3) is 2.74. The lowest BCUT2D eigenvalue weighted by Gasteiger charge is -2.38. The van der Waals surface area contributed by atoms with Crippen LogP contribution in [0, 0.1) is 0 Å². The maximum absolute atomic E-state index is 13.5. The predicted octanol–water partition coefficient (Wildman–Crippen LogP) is 5.39. The summed E-state index contributed by atoms with van der Waals surface area (Å²) in [5.41, 5.74) is 2.37. The fourth-order valence-electron chi connectivity index (χ4n) is 4.60. The Morgan fingerprint density at radius 3 is 2.33 bits per heavy atom. The molecule has 1 N–H and O–H groups in total. The number of benzene rings is 4. The van der Waals surface area contributed by atoms with Crippen LogP contribution in [0.5, 0.6) is 0 Å². The molecule has 3 nitrogen and oxygen atoms in total. The summed E-state index contributed by atoms with van der Waals surface area (Å²) in [5.74, 6) is -0.0810. The van der Waals surface area contributed by atoms with E-state index in [1.807, 2.05) is 60.7 Å². The maximum atomic E-state index is 13.5. The second-order valence-electron chi connectivity index (χ2n) is 7.60. The van der Waals surface area contributed by atoms with Gasteiger partial charge in [0.2, 0.25) is 0 Å². The summed E-state index contributed by atoms with van der Waals surface area (Å²) >= 11 is 6.12. The summed E-state index contributed by atoms with van der Waals surface area (Å²) in [4.78, 5) is 15.3. The van der Waals surface area contributed by atoms with E-state index in [9.17, 15) is 9.90 Å². The first-order valence-electron chi connectivity index (χ1n) is 9.90. The molecule has 1 amide bonds. The van der Waals surface area contributed by atoms with Gasteiger partial charge in [0.1, 0.15) is 5.54 Å². The summed E-state index contributed by atoms with van der Waals surface area (Å²) in [5, 5.41) is 13.6. The van der Waals surface area contributed by atoms with Crippen LogP contribution in [0.2, 0.25) is 5.02 Å². The summed E-state index contributed by atoms with van der Waals surface area (Å²) in [6.07, 6.45) is 0. The van der Waals surface area contributed by atoms with E-state index < -0.39 is 5.54 Å². The molecule has 0 spiro atoms. The zero-order valence-electron chi connectivity index (χ0n) is 16.3. The smallest absolute Gasteiger partial charge is 0.255 e. The minimum Gasteiger partial charge on any atom is -0.393 e. The fraction of sp³-hybridized carbons (Fsp3) is 0.115. The second-order valence-corrected chi connectivity index (χ2v) is 8.04. The molecule has 30 heavy (non-hydrogen) atoms. The SMILES string of the molecule is O=C1c2ccccc2C(CO)(c2ccc(Cl)cc2)N1Cc1cccc2ccccc12. The molecule has 4 aromatic carbocycles. The number of aliphatic hydroxyl groups excluding tert-OH is 1. The average molecular weight is 414 g/mol. The van der Waals surface area contributed by atoms with Gasteiger partial charge in [0, 0.05) is 17.1 Å². The monoisotopic (exact) mass is 413 g/mol. The van der Waals surface area contributed by atoms with Crippen molar-refractivity contribution in [2.75, 3.05) is 6.61 Å². The minimum atomic E-state index is -0.963. The van der Waals surface area contributed by atoms with Crippen molar-refractivity contribution in [3.05, 3.63) is 118 Å². The van der Waals surface area contributed by atoms with Gasteiger partial charge in [-0.3, -0.25) is 4.79 Å². The molecule has 1 unspecified atom stereocenters. The number of hydrogen-bond acceptors (Lipinski definition) is 2. The van der Waals surface area contributed by atoms with Crippen molar-refractivity contribution in [1.29, 1.82) is 0 Å². The Balaban J connectivity index is 1.71. The Bertz CT molecular complexity index is 1250. The molecule has 4 heteroatoms. The largest absolute Gasteiger partial charge is 0.393 e. The number of rotatable bonds is 4. The second kappa shape index (κ2) is 7.28. The van der Waals surface area contributed by atoms with E-state index in [2.05, 4.69) is 18.2 Å². The van der Waals surface area contributed by atoms with Gasteiger partial charge in [0.25, 0.3) is 5.91 Å². The lowest BCUT2D eigenvalue weighted by Crippen LogP contribution is -2.47. The van der Waals surface area contributed by atoms with E-state index >= 15 is 0 Å². The van der Waals surface area contributed by atoms with Crippen LogP contribution in [-0.2, 0) is 12.1 Å². The Kier molecular flexibility index (Phi) is 4.58. The molecule has 1 aliphatic heterocycles. The number of aliphatic hydroxyl groups is 1. The van der Waals surface area contributed by atoms with Crippen LogP contribution in [0.15, 0.2) is 91.0 Å². The Hall–Kier alpha value is -3.14. The number of carbonyl (C=O) groups excluding carboxylic acids is 1. The molecule has 1 atom stereocenters. The molecule has 1 aliphatic rings. The minimum absolute atomic E-state index is 0.0810. The van der Waals surface area contributed by atoms with Gasteiger partial charge in [-0.2, -0.15) is 0 Å². The van der Waals surface area contributed by atoms with Gasteiger partial charge in [0.15, 0.2) is 0 Å². The van der Waals surface area contributed by atoms with Gasteiger partial charge in [-0.25, -0.2) is 0 Å². The summed E-state index contributed by atoms with van der Waals surface area (Å²) in [6, 6.07) is 29.2. The van der Waals surface area contributed by atoms with E-state index in [0.29, 0.717) is 17.1 Å². The quantitative estimate of drug-likeness (QED) is 0.487. The fourth-order valence-corrected chi connectivity index (χ4v) is 4.73. The standard InChI is InChI=1S/C26H20ClNO2/c27-21-14-12-20(13-15-21)26(17-29)24-11-4-3-10-23(24)25(30)28(26)16-19-8-5-7-18-6-1-2-9-22(18)19/h1-15,29H,16-17H2. The molecular weight excluding hydrogens is 394 g/mol. The zero-order chi connectivity index (χ0) is 20.7. The molecule has 0 aromatic heterocycles. The average Bonchev–Trinajstić information content (AvgIpc) is 3.03. The molecular formula is C26H20ClNO2. The third-order valence-electron chi connectivity index (χ3n) is 6.07. The summed E-state index contributed by atoms with van der Waals surface area (Å²) in [6.45, 7) is 0.167. The lowest BCUT2D eigenvalue weighted by molar-refractivity contribution is 0.0436. The van der Waals surface area contributed by atoms with Crippen LogP contribution in [0.3, 0.4) is 0 Å². The van der Waals surface area contributed by atoms with Gasteiger partial charge in [-0.05, 0) is 45.7 Å². The molecule has 0 fully saturated rings. The molecule has 0 bridgehead atoms. The molecule has 0 saturated heterocycles.